The highest BCUT2D eigenvalue weighted by Gasteiger charge is 2.20. The van der Waals surface area contributed by atoms with Gasteiger partial charge in [0.2, 0.25) is 15.9 Å². The first-order valence-electron chi connectivity index (χ1n) is 7.43. The summed E-state index contributed by atoms with van der Waals surface area (Å²) in [5.74, 6) is -0.836. The van der Waals surface area contributed by atoms with Gasteiger partial charge in [0.05, 0.1) is 12.3 Å². The van der Waals surface area contributed by atoms with Crippen molar-refractivity contribution in [2.24, 2.45) is 0 Å². The molecule has 8 heteroatoms. The largest absolute Gasteiger partial charge is 0.326 e. The molecule has 5 nitrogen and oxygen atoms in total. The molecular formula is C17H18ClFN2O3S. The van der Waals surface area contributed by atoms with Crippen molar-refractivity contribution in [3.8, 4) is 0 Å². The van der Waals surface area contributed by atoms with Crippen LogP contribution in [0.2, 0.25) is 5.02 Å². The van der Waals surface area contributed by atoms with E-state index in [1.165, 1.54) is 24.3 Å². The molecule has 0 aromatic heterocycles. The van der Waals surface area contributed by atoms with Gasteiger partial charge in [0, 0.05) is 17.1 Å². The van der Waals surface area contributed by atoms with Gasteiger partial charge in [-0.25, -0.2) is 17.5 Å². The number of rotatable bonds is 6. The molecule has 2 aromatic carbocycles. The first-order chi connectivity index (χ1) is 11.6. The van der Waals surface area contributed by atoms with Gasteiger partial charge in [-0.05, 0) is 42.3 Å². The van der Waals surface area contributed by atoms with E-state index in [1.54, 1.807) is 18.2 Å². The molecule has 0 fully saturated rings. The number of amides is 1. The Morgan fingerprint density at radius 1 is 1.20 bits per heavy atom. The minimum atomic E-state index is -3.56. The number of benzene rings is 2. The van der Waals surface area contributed by atoms with Crippen LogP contribution in [0.5, 0.6) is 0 Å². The Kier molecular flexibility index (Phi) is 6.16. The lowest BCUT2D eigenvalue weighted by Gasteiger charge is -2.18. The van der Waals surface area contributed by atoms with E-state index >= 15 is 0 Å². The van der Waals surface area contributed by atoms with Gasteiger partial charge in [-0.2, -0.15) is 0 Å². The molecular weight excluding hydrogens is 367 g/mol. The summed E-state index contributed by atoms with van der Waals surface area (Å²) in [4.78, 5) is 12.3. The molecule has 0 radical (unpaired) electrons. The number of carbonyl (C=O) groups excluding carboxylic acids is 1. The second-order valence-electron chi connectivity index (χ2n) is 5.71. The van der Waals surface area contributed by atoms with Crippen LogP contribution in [0.3, 0.4) is 0 Å². The van der Waals surface area contributed by atoms with Crippen LogP contribution in [-0.2, 0) is 14.8 Å². The molecule has 0 heterocycles. The van der Waals surface area contributed by atoms with Crippen molar-refractivity contribution in [2.75, 3.05) is 11.6 Å². The highest BCUT2D eigenvalue weighted by Crippen LogP contribution is 2.23. The summed E-state index contributed by atoms with van der Waals surface area (Å²) >= 11 is 5.93. The number of anilines is 1. The summed E-state index contributed by atoms with van der Waals surface area (Å²) in [7, 11) is -3.56. The average molecular weight is 385 g/mol. The second kappa shape index (κ2) is 7.95. The second-order valence-corrected chi connectivity index (χ2v) is 7.92. The Hall–Kier alpha value is -1.96. The molecule has 25 heavy (non-hydrogen) atoms. The normalized spacial score (nSPS) is 12.6. The van der Waals surface area contributed by atoms with Crippen LogP contribution >= 0.6 is 11.6 Å². The van der Waals surface area contributed by atoms with Crippen molar-refractivity contribution in [1.29, 1.82) is 0 Å². The van der Waals surface area contributed by atoms with Gasteiger partial charge >= 0.3 is 0 Å². The van der Waals surface area contributed by atoms with Gasteiger partial charge in [0.25, 0.3) is 0 Å². The third kappa shape index (κ3) is 6.12. The summed E-state index contributed by atoms with van der Waals surface area (Å²) in [5, 5.41) is 3.19. The standard InChI is InChI=1S/C17H18ClFN2O3S/c1-11-3-6-13(18)9-15(11)20-17(22)10-16(21-25(2,23)24)12-4-7-14(19)8-5-12/h3-9,16,21H,10H2,1-2H3,(H,20,22)/t16-/m0/s1. The summed E-state index contributed by atoms with van der Waals surface area (Å²) in [6, 6.07) is 9.59. The Morgan fingerprint density at radius 2 is 1.84 bits per heavy atom. The number of sulfonamides is 1. The Balaban J connectivity index is 2.19. The van der Waals surface area contributed by atoms with E-state index in [1.807, 2.05) is 6.92 Å². The van der Waals surface area contributed by atoms with Gasteiger partial charge in [-0.3, -0.25) is 4.79 Å². The first kappa shape index (κ1) is 19.4. The van der Waals surface area contributed by atoms with E-state index in [2.05, 4.69) is 10.0 Å². The quantitative estimate of drug-likeness (QED) is 0.801. The number of hydrogen-bond acceptors (Lipinski definition) is 3. The highest BCUT2D eigenvalue weighted by molar-refractivity contribution is 7.88. The lowest BCUT2D eigenvalue weighted by atomic mass is 10.0. The Labute approximate surface area is 151 Å². The zero-order valence-electron chi connectivity index (χ0n) is 13.7. The molecule has 0 aliphatic rings. The zero-order chi connectivity index (χ0) is 18.6. The molecule has 0 bridgehead atoms. The first-order valence-corrected chi connectivity index (χ1v) is 9.70. The molecule has 0 saturated heterocycles. The summed E-state index contributed by atoms with van der Waals surface area (Å²) in [5.41, 5.74) is 1.87. The van der Waals surface area contributed by atoms with E-state index in [4.69, 9.17) is 11.6 Å². The number of halogens is 2. The van der Waals surface area contributed by atoms with Crippen LogP contribution in [-0.4, -0.2) is 20.6 Å². The van der Waals surface area contributed by atoms with Crippen LogP contribution in [0, 0.1) is 12.7 Å². The molecule has 0 aliphatic heterocycles. The lowest BCUT2D eigenvalue weighted by molar-refractivity contribution is -0.116. The Bertz CT molecular complexity index is 870. The van der Waals surface area contributed by atoms with E-state index in [9.17, 15) is 17.6 Å². The van der Waals surface area contributed by atoms with Gasteiger partial charge in [0.15, 0.2) is 0 Å². The summed E-state index contributed by atoms with van der Waals surface area (Å²) < 4.78 is 38.7. The lowest BCUT2D eigenvalue weighted by Crippen LogP contribution is -2.30. The third-order valence-electron chi connectivity index (χ3n) is 3.49. The smallest absolute Gasteiger partial charge is 0.226 e. The van der Waals surface area contributed by atoms with E-state index in [0.717, 1.165) is 11.8 Å². The summed E-state index contributed by atoms with van der Waals surface area (Å²) in [6.07, 6.45) is 0.854. The minimum absolute atomic E-state index is 0.148. The maximum absolute atomic E-state index is 13.1. The predicted molar refractivity (Wildman–Crippen MR) is 96.6 cm³/mol. The fourth-order valence-electron chi connectivity index (χ4n) is 2.30. The number of aryl methyl sites for hydroxylation is 1. The van der Waals surface area contributed by atoms with Gasteiger partial charge in [-0.1, -0.05) is 29.8 Å². The van der Waals surface area contributed by atoms with Crippen molar-refractivity contribution in [2.45, 2.75) is 19.4 Å². The maximum Gasteiger partial charge on any atom is 0.226 e. The monoisotopic (exact) mass is 384 g/mol. The van der Waals surface area contributed by atoms with Crippen molar-refractivity contribution < 1.29 is 17.6 Å². The van der Waals surface area contributed by atoms with Gasteiger partial charge in [0.1, 0.15) is 5.82 Å². The molecule has 134 valence electrons. The van der Waals surface area contributed by atoms with E-state index in [0.29, 0.717) is 16.3 Å². The van der Waals surface area contributed by atoms with E-state index in [-0.39, 0.29) is 6.42 Å². The van der Waals surface area contributed by atoms with Crippen LogP contribution < -0.4 is 10.0 Å². The number of nitrogens with one attached hydrogen (secondary N) is 2. The maximum atomic E-state index is 13.1. The molecule has 2 N–H and O–H groups in total. The van der Waals surface area contributed by atoms with Gasteiger partial charge < -0.3 is 5.32 Å². The molecule has 0 aliphatic carbocycles. The van der Waals surface area contributed by atoms with Crippen molar-refractivity contribution >= 4 is 33.2 Å². The molecule has 2 rings (SSSR count). The molecule has 2 aromatic rings. The van der Waals surface area contributed by atoms with Crippen LogP contribution in [0.25, 0.3) is 0 Å². The molecule has 1 amide bonds. The predicted octanol–water partition coefficient (Wildman–Crippen LogP) is 3.41. The fourth-order valence-corrected chi connectivity index (χ4v) is 3.20. The highest BCUT2D eigenvalue weighted by atomic mass is 35.5. The van der Waals surface area contributed by atoms with Crippen LogP contribution in [0.15, 0.2) is 42.5 Å². The molecule has 0 saturated carbocycles. The minimum Gasteiger partial charge on any atom is -0.326 e. The fraction of sp³-hybridized carbons (Fsp3) is 0.235. The van der Waals surface area contributed by atoms with Crippen molar-refractivity contribution in [1.82, 2.24) is 4.72 Å². The van der Waals surface area contributed by atoms with Gasteiger partial charge in [-0.15, -0.1) is 0 Å². The van der Waals surface area contributed by atoms with Crippen LogP contribution in [0.1, 0.15) is 23.6 Å². The molecule has 0 spiro atoms. The summed E-state index contributed by atoms with van der Waals surface area (Å²) in [6.45, 7) is 1.82. The average Bonchev–Trinajstić information content (AvgIpc) is 2.49. The zero-order valence-corrected chi connectivity index (χ0v) is 15.3. The topological polar surface area (TPSA) is 75.3 Å². The SMILES string of the molecule is Cc1ccc(Cl)cc1NC(=O)C[C@H](NS(C)(=O)=O)c1ccc(F)cc1. The number of hydrogen-bond donors (Lipinski definition) is 2. The molecule has 1 atom stereocenters. The van der Waals surface area contributed by atoms with E-state index < -0.39 is 27.8 Å². The van der Waals surface area contributed by atoms with Crippen LogP contribution in [0.4, 0.5) is 10.1 Å². The number of carbonyl (C=O) groups is 1. The van der Waals surface area contributed by atoms with Crippen molar-refractivity contribution in [3.05, 3.63) is 64.4 Å². The third-order valence-corrected chi connectivity index (χ3v) is 4.44. The Morgan fingerprint density at radius 3 is 2.44 bits per heavy atom. The molecule has 0 unspecified atom stereocenters. The van der Waals surface area contributed by atoms with Crippen molar-refractivity contribution in [3.63, 3.8) is 0 Å².